The molecule has 350 valence electrons. The molecule has 2 heterocycles. The summed E-state index contributed by atoms with van der Waals surface area (Å²) < 4.78 is 0. The van der Waals surface area contributed by atoms with E-state index in [0.29, 0.717) is 16.8 Å². The van der Waals surface area contributed by atoms with Gasteiger partial charge < -0.3 is 63.8 Å². The summed E-state index contributed by atoms with van der Waals surface area (Å²) in [5.74, 6) is -6.51. The number of carbonyl (C=O) groups is 7. The molecule has 6 atom stereocenters. The topological polar surface area (TPSA) is 344 Å². The Hall–Kier alpha value is -6.59. The lowest BCUT2D eigenvalue weighted by Crippen LogP contribution is -2.63. The smallest absolute Gasteiger partial charge is 0.327 e. The molecule has 2 aromatic carbocycles. The van der Waals surface area contributed by atoms with Gasteiger partial charge in [-0.3, -0.25) is 34.2 Å². The number of imidazole rings is 1. The van der Waals surface area contributed by atoms with Crippen LogP contribution in [-0.2, 0) is 52.8 Å². The summed E-state index contributed by atoms with van der Waals surface area (Å²) in [6, 6.07) is 8.21. The number of para-hydroxylation sites is 1. The van der Waals surface area contributed by atoms with Crippen molar-refractivity contribution < 1.29 is 38.7 Å². The number of carboxylic acid groups (broad SMARTS) is 1. The van der Waals surface area contributed by atoms with Crippen molar-refractivity contribution in [2.45, 2.75) is 87.7 Å². The Morgan fingerprint density at radius 2 is 1.34 bits per heavy atom. The van der Waals surface area contributed by atoms with Crippen molar-refractivity contribution in [1.82, 2.24) is 52.2 Å². The number of aromatic nitrogens is 3. The zero-order chi connectivity index (χ0) is 47.7. The molecule has 0 bridgehead atoms. The second-order valence-corrected chi connectivity index (χ2v) is 16.4. The average Bonchev–Trinajstić information content (AvgIpc) is 3.95. The number of nitrogens with zero attached hydrogens (tertiary/aromatic N) is 1. The first-order valence-electron chi connectivity index (χ1n) is 20.6. The number of thiol groups is 2. The molecule has 0 spiro atoms. The minimum Gasteiger partial charge on any atom is -0.480 e. The van der Waals surface area contributed by atoms with Gasteiger partial charge in [-0.05, 0) is 43.9 Å². The molecule has 6 amide bonds. The third-order valence-corrected chi connectivity index (χ3v) is 10.9. The van der Waals surface area contributed by atoms with Gasteiger partial charge in [0.25, 0.3) is 0 Å². The number of benzene rings is 2. The molecule has 21 nitrogen and oxygen atoms in total. The molecule has 0 unspecified atom stereocenters. The van der Waals surface area contributed by atoms with Crippen molar-refractivity contribution in [3.8, 4) is 0 Å². The molecule has 0 aliphatic heterocycles. The van der Waals surface area contributed by atoms with Crippen LogP contribution in [0.5, 0.6) is 0 Å². The Morgan fingerprint density at radius 3 is 1.94 bits per heavy atom. The van der Waals surface area contributed by atoms with Crippen LogP contribution in [0.15, 0.2) is 73.3 Å². The first-order valence-corrected chi connectivity index (χ1v) is 21.9. The van der Waals surface area contributed by atoms with Gasteiger partial charge in [-0.25, -0.2) is 9.78 Å². The highest BCUT2D eigenvalue weighted by Gasteiger charge is 2.36. The zero-order valence-electron chi connectivity index (χ0n) is 35.9. The van der Waals surface area contributed by atoms with Crippen LogP contribution in [0.25, 0.3) is 10.9 Å². The Kier molecular flexibility index (Phi) is 19.2. The van der Waals surface area contributed by atoms with E-state index in [1.54, 1.807) is 42.6 Å². The highest BCUT2D eigenvalue weighted by Crippen LogP contribution is 2.20. The monoisotopic (exact) mass is 935 g/mol. The predicted molar refractivity (Wildman–Crippen MR) is 249 cm³/mol. The summed E-state index contributed by atoms with van der Waals surface area (Å²) in [6.45, 7) is 2.99. The quantitative estimate of drug-likeness (QED) is 0.0161. The summed E-state index contributed by atoms with van der Waals surface area (Å²) in [4.78, 5) is 105. The number of carbonyl (C=O) groups excluding carboxylic acids is 6. The molecule has 0 fully saturated rings. The summed E-state index contributed by atoms with van der Waals surface area (Å²) in [6.07, 6.45) is 4.44. The molecule has 4 aromatic rings. The van der Waals surface area contributed by atoms with E-state index >= 15 is 0 Å². The molecule has 23 heteroatoms. The number of nitrogens with two attached hydrogens (primary N) is 2. The number of hydrogen-bond donors (Lipinski definition) is 15. The third kappa shape index (κ3) is 15.6. The number of nitrogens with one attached hydrogen (secondary N) is 10. The Morgan fingerprint density at radius 1 is 0.754 bits per heavy atom. The van der Waals surface area contributed by atoms with Gasteiger partial charge in [0.05, 0.1) is 18.1 Å². The molecule has 0 aliphatic carbocycles. The second kappa shape index (κ2) is 24.5. The summed E-state index contributed by atoms with van der Waals surface area (Å²) in [7, 11) is 0. The Bertz CT molecular complexity index is 2280. The second-order valence-electron chi connectivity index (χ2n) is 15.7. The average molecular weight is 936 g/mol. The van der Waals surface area contributed by atoms with Gasteiger partial charge in [-0.15, -0.1) is 0 Å². The van der Waals surface area contributed by atoms with Crippen LogP contribution in [0.4, 0.5) is 0 Å². The van der Waals surface area contributed by atoms with Crippen molar-refractivity contribution in [3.63, 3.8) is 0 Å². The van der Waals surface area contributed by atoms with Crippen molar-refractivity contribution in [3.05, 3.63) is 90.1 Å². The highest BCUT2D eigenvalue weighted by molar-refractivity contribution is 7.80. The molecule has 15 N–H and O–H groups in total. The van der Waals surface area contributed by atoms with E-state index in [0.717, 1.165) is 10.9 Å². The molecule has 0 radical (unpaired) electrons. The van der Waals surface area contributed by atoms with Crippen LogP contribution in [0.2, 0.25) is 0 Å². The number of fused-ring (bicyclic) bond motifs is 1. The lowest BCUT2D eigenvalue weighted by molar-refractivity contribution is -0.141. The van der Waals surface area contributed by atoms with E-state index in [4.69, 9.17) is 16.9 Å². The zero-order valence-corrected chi connectivity index (χ0v) is 37.6. The molecule has 2 aromatic heterocycles. The molecular weight excluding hydrogens is 879 g/mol. The van der Waals surface area contributed by atoms with E-state index in [-0.39, 0.29) is 56.1 Å². The fourth-order valence-corrected chi connectivity index (χ4v) is 6.97. The van der Waals surface area contributed by atoms with Crippen LogP contribution in [-0.4, -0.2) is 127 Å². The minimum absolute atomic E-state index is 0.0148. The van der Waals surface area contributed by atoms with E-state index in [9.17, 15) is 38.7 Å². The molecule has 0 saturated carbocycles. The Labute approximate surface area is 385 Å². The van der Waals surface area contributed by atoms with Crippen molar-refractivity contribution >= 4 is 83.5 Å². The number of aromatic amines is 2. The van der Waals surface area contributed by atoms with Crippen molar-refractivity contribution in [2.24, 2.45) is 11.5 Å². The number of hydrogen-bond acceptors (Lipinski definition) is 12. The molecule has 4 rings (SSSR count). The number of carboxylic acids is 1. The van der Waals surface area contributed by atoms with Gasteiger partial charge in [-0.1, -0.05) is 48.5 Å². The maximum absolute atomic E-state index is 14.5. The molecule has 65 heavy (non-hydrogen) atoms. The maximum Gasteiger partial charge on any atom is 0.327 e. The van der Waals surface area contributed by atoms with Crippen LogP contribution in [0.1, 0.15) is 43.5 Å². The van der Waals surface area contributed by atoms with E-state index in [1.807, 2.05) is 18.2 Å². The number of guanidine groups is 1. The van der Waals surface area contributed by atoms with Crippen molar-refractivity contribution in [2.75, 3.05) is 18.1 Å². The lowest BCUT2D eigenvalue weighted by Gasteiger charge is -2.30. The summed E-state index contributed by atoms with van der Waals surface area (Å²) in [5.41, 5.74) is 12.1. The predicted octanol–water partition coefficient (Wildman–Crippen LogP) is -1.23. The highest BCUT2D eigenvalue weighted by atomic mass is 32.1. The SMILES string of the molecule is CC(C)(NC(=O)[C@@H](N)CS)C(=O)N[C@@H](Cc1c[nH]cn1)C(=O)N[C@H](Cc1ccccc1)C(=O)N[C@@H](CCCNC(=N)N)C(=O)N[C@@H](Cc1c[nH]c2ccccc12)C(=O)N[C@@H](CS)C(=O)O. The lowest BCUT2D eigenvalue weighted by atomic mass is 10.0. The van der Waals surface area contributed by atoms with E-state index in [1.165, 1.54) is 26.4 Å². The van der Waals surface area contributed by atoms with Crippen molar-refractivity contribution in [1.29, 1.82) is 5.41 Å². The van der Waals surface area contributed by atoms with E-state index in [2.05, 4.69) is 77.4 Å². The first-order chi connectivity index (χ1) is 30.9. The van der Waals surface area contributed by atoms with Crippen LogP contribution < -0.4 is 48.7 Å². The van der Waals surface area contributed by atoms with Crippen LogP contribution >= 0.6 is 25.3 Å². The molecule has 0 aliphatic rings. The van der Waals surface area contributed by atoms with Gasteiger partial charge in [0.2, 0.25) is 35.4 Å². The number of H-pyrrole nitrogens is 2. The third-order valence-electron chi connectivity index (χ3n) is 10.2. The summed E-state index contributed by atoms with van der Waals surface area (Å²) in [5, 5.41) is 36.4. The van der Waals surface area contributed by atoms with E-state index < -0.39 is 83.2 Å². The van der Waals surface area contributed by atoms with Gasteiger partial charge in [0, 0.05) is 60.6 Å². The van der Waals surface area contributed by atoms with Gasteiger partial charge in [0.1, 0.15) is 35.7 Å². The normalized spacial score (nSPS) is 14.0. The number of amides is 6. The van der Waals surface area contributed by atoms with Gasteiger partial charge >= 0.3 is 5.97 Å². The molecule has 0 saturated heterocycles. The standard InChI is InChI=1S/C42H57N13O8S2/c1-42(2,55-34(56)27(43)20-64)40(63)54-32(17-25-19-46-22-49-25)38(60)51-30(15-23-9-4-3-5-10-23)36(58)50-29(13-8-14-47-41(44)45)35(57)52-31(37(59)53-33(21-65)39(61)62)16-24-18-48-28-12-7-6-11-26(24)28/h3-7,9-12,18-19,22,27,29-33,48,64-65H,8,13-17,20-21,43H2,1-2H3,(H,46,49)(H,50,58)(H,51,60)(H,52,57)(H,53,59)(H,54,63)(H,55,56)(H,61,62)(H4,44,45,47)/t27-,29-,30+,31-,32-,33-/m0/s1. The fraction of sp³-hybridized carbons (Fsp3) is 0.405. The Balaban J connectivity index is 1.65. The number of rotatable bonds is 25. The maximum atomic E-state index is 14.5. The van der Waals surface area contributed by atoms with Crippen LogP contribution in [0.3, 0.4) is 0 Å². The minimum atomic E-state index is -1.55. The fourth-order valence-electron chi connectivity index (χ4n) is 6.56. The number of aliphatic carboxylic acids is 1. The van der Waals surface area contributed by atoms with Crippen LogP contribution in [0, 0.1) is 5.41 Å². The summed E-state index contributed by atoms with van der Waals surface area (Å²) >= 11 is 8.10. The van der Waals surface area contributed by atoms with Gasteiger partial charge in [0.15, 0.2) is 5.96 Å². The molecular formula is C42H57N13O8S2. The van der Waals surface area contributed by atoms with Gasteiger partial charge in [-0.2, -0.15) is 25.3 Å². The largest absolute Gasteiger partial charge is 0.480 e. The first kappa shape index (κ1) is 51.0.